The fraction of sp³-hybridized carbons (Fsp3) is 0.375. The van der Waals surface area contributed by atoms with Gasteiger partial charge in [0.25, 0.3) is 5.91 Å². The van der Waals surface area contributed by atoms with Gasteiger partial charge in [0, 0.05) is 0 Å². The van der Waals surface area contributed by atoms with E-state index in [2.05, 4.69) is 5.32 Å². The second-order valence-corrected chi connectivity index (χ2v) is 5.18. The molecule has 128 valence electrons. The fourth-order valence-electron chi connectivity index (χ4n) is 2.23. The van der Waals surface area contributed by atoms with E-state index in [0.717, 1.165) is 5.56 Å². The van der Waals surface area contributed by atoms with E-state index in [9.17, 15) is 9.59 Å². The average Bonchev–Trinajstić information content (AvgIpc) is 3.08. The van der Waals surface area contributed by atoms with Crippen LogP contribution in [0.4, 0.5) is 0 Å². The standard InChI is InChI=1S/C16H17NO7/c1-10(11-2-3-12-13(6-11)24-9-23-12)17-15(18)8-22-16(19)14-7-20-4-5-21-14/h2-3,6-7,10H,4-5,8-9H2,1H3,(H,17,18)/t10-/m1/s1. The molecule has 1 aromatic rings. The van der Waals surface area contributed by atoms with Crippen molar-refractivity contribution in [2.75, 3.05) is 26.6 Å². The number of ether oxygens (including phenoxy) is 5. The third-order valence-corrected chi connectivity index (χ3v) is 3.46. The summed E-state index contributed by atoms with van der Waals surface area (Å²) < 4.78 is 25.5. The lowest BCUT2D eigenvalue weighted by molar-refractivity contribution is -0.149. The number of hydrogen-bond donors (Lipinski definition) is 1. The zero-order valence-electron chi connectivity index (χ0n) is 13.1. The molecule has 24 heavy (non-hydrogen) atoms. The predicted molar refractivity (Wildman–Crippen MR) is 80.1 cm³/mol. The molecule has 0 spiro atoms. The van der Waals surface area contributed by atoms with Crippen molar-refractivity contribution in [1.29, 1.82) is 0 Å². The number of carbonyl (C=O) groups is 2. The number of benzene rings is 1. The SMILES string of the molecule is C[C@@H](NC(=O)COC(=O)C1=COCCO1)c1ccc2c(c1)OCO2. The van der Waals surface area contributed by atoms with E-state index < -0.39 is 18.5 Å². The summed E-state index contributed by atoms with van der Waals surface area (Å²) in [5.74, 6) is 0.111. The summed E-state index contributed by atoms with van der Waals surface area (Å²) in [4.78, 5) is 23.6. The minimum atomic E-state index is -0.736. The van der Waals surface area contributed by atoms with Gasteiger partial charge in [-0.15, -0.1) is 0 Å². The lowest BCUT2D eigenvalue weighted by Crippen LogP contribution is -2.31. The van der Waals surface area contributed by atoms with Crippen LogP contribution in [-0.2, 0) is 23.8 Å². The summed E-state index contributed by atoms with van der Waals surface area (Å²) in [5, 5.41) is 2.74. The van der Waals surface area contributed by atoms with Gasteiger partial charge in [0.05, 0.1) is 6.04 Å². The minimum Gasteiger partial charge on any atom is -0.493 e. The van der Waals surface area contributed by atoms with Crippen molar-refractivity contribution in [2.24, 2.45) is 0 Å². The molecule has 1 atom stereocenters. The van der Waals surface area contributed by atoms with Gasteiger partial charge < -0.3 is 29.0 Å². The van der Waals surface area contributed by atoms with E-state index in [0.29, 0.717) is 18.1 Å². The van der Waals surface area contributed by atoms with Crippen molar-refractivity contribution in [3.05, 3.63) is 35.8 Å². The van der Waals surface area contributed by atoms with Crippen LogP contribution in [0.3, 0.4) is 0 Å². The van der Waals surface area contributed by atoms with Crippen LogP contribution < -0.4 is 14.8 Å². The Balaban J connectivity index is 1.49. The quantitative estimate of drug-likeness (QED) is 0.803. The van der Waals surface area contributed by atoms with Gasteiger partial charge in [-0.1, -0.05) is 6.07 Å². The third-order valence-electron chi connectivity index (χ3n) is 3.46. The first-order valence-corrected chi connectivity index (χ1v) is 7.44. The van der Waals surface area contributed by atoms with Gasteiger partial charge in [0.15, 0.2) is 18.1 Å². The normalized spacial score (nSPS) is 16.3. The Bertz CT molecular complexity index is 670. The summed E-state index contributed by atoms with van der Waals surface area (Å²) in [6.45, 7) is 2.25. The van der Waals surface area contributed by atoms with E-state index in [4.69, 9.17) is 23.7 Å². The number of rotatable bonds is 5. The van der Waals surface area contributed by atoms with Crippen molar-refractivity contribution in [3.63, 3.8) is 0 Å². The number of nitrogens with one attached hydrogen (secondary N) is 1. The Kier molecular flexibility index (Phi) is 4.74. The summed E-state index contributed by atoms with van der Waals surface area (Å²) in [6.07, 6.45) is 1.18. The van der Waals surface area contributed by atoms with E-state index >= 15 is 0 Å². The van der Waals surface area contributed by atoms with Crippen LogP contribution in [0.15, 0.2) is 30.2 Å². The molecule has 0 unspecified atom stereocenters. The molecular formula is C16H17NO7. The van der Waals surface area contributed by atoms with Gasteiger partial charge in [-0.25, -0.2) is 4.79 Å². The molecule has 0 radical (unpaired) electrons. The van der Waals surface area contributed by atoms with E-state index in [-0.39, 0.29) is 25.2 Å². The van der Waals surface area contributed by atoms with Crippen molar-refractivity contribution in [2.45, 2.75) is 13.0 Å². The molecule has 0 aliphatic carbocycles. The largest absolute Gasteiger partial charge is 0.493 e. The second-order valence-electron chi connectivity index (χ2n) is 5.18. The number of fused-ring (bicyclic) bond motifs is 1. The monoisotopic (exact) mass is 335 g/mol. The molecule has 3 rings (SSSR count). The average molecular weight is 335 g/mol. The van der Waals surface area contributed by atoms with Crippen molar-refractivity contribution in [1.82, 2.24) is 5.32 Å². The van der Waals surface area contributed by atoms with Crippen LogP contribution in [0, 0.1) is 0 Å². The first kappa shape index (κ1) is 16.0. The highest BCUT2D eigenvalue weighted by Gasteiger charge is 2.20. The molecule has 1 aromatic carbocycles. The van der Waals surface area contributed by atoms with Crippen LogP contribution >= 0.6 is 0 Å². The number of carbonyl (C=O) groups excluding carboxylic acids is 2. The van der Waals surface area contributed by atoms with Crippen LogP contribution in [0.25, 0.3) is 0 Å². The van der Waals surface area contributed by atoms with Crippen molar-refractivity contribution in [3.8, 4) is 11.5 Å². The zero-order chi connectivity index (χ0) is 16.9. The molecule has 1 N–H and O–H groups in total. The maximum absolute atomic E-state index is 11.9. The highest BCUT2D eigenvalue weighted by Crippen LogP contribution is 2.34. The van der Waals surface area contributed by atoms with Gasteiger partial charge in [0.1, 0.15) is 19.5 Å². The zero-order valence-corrected chi connectivity index (χ0v) is 13.1. The molecule has 2 heterocycles. The third kappa shape index (κ3) is 3.70. The summed E-state index contributed by atoms with van der Waals surface area (Å²) in [6, 6.07) is 5.15. The molecule has 2 aliphatic rings. The molecule has 2 aliphatic heterocycles. The molecular weight excluding hydrogens is 318 g/mol. The minimum absolute atomic E-state index is 0.0436. The van der Waals surface area contributed by atoms with Crippen LogP contribution in [-0.4, -0.2) is 38.5 Å². The number of hydrogen-bond acceptors (Lipinski definition) is 7. The smallest absolute Gasteiger partial charge is 0.377 e. The van der Waals surface area contributed by atoms with Crippen LogP contribution in [0.1, 0.15) is 18.5 Å². The maximum atomic E-state index is 11.9. The Hall–Kier alpha value is -2.90. The van der Waals surface area contributed by atoms with Gasteiger partial charge >= 0.3 is 5.97 Å². The summed E-state index contributed by atoms with van der Waals surface area (Å²) >= 11 is 0. The fourth-order valence-corrected chi connectivity index (χ4v) is 2.23. The Morgan fingerprint density at radius 1 is 1.21 bits per heavy atom. The van der Waals surface area contributed by atoms with E-state index in [1.165, 1.54) is 6.26 Å². The topological polar surface area (TPSA) is 92.3 Å². The lowest BCUT2D eigenvalue weighted by atomic mass is 10.1. The van der Waals surface area contributed by atoms with Gasteiger partial charge in [-0.05, 0) is 24.6 Å². The summed E-state index contributed by atoms with van der Waals surface area (Å²) in [7, 11) is 0. The summed E-state index contributed by atoms with van der Waals surface area (Å²) in [5.41, 5.74) is 0.852. The van der Waals surface area contributed by atoms with Crippen molar-refractivity contribution >= 4 is 11.9 Å². The first-order chi connectivity index (χ1) is 11.6. The Labute approximate surface area is 138 Å². The number of amides is 1. The lowest BCUT2D eigenvalue weighted by Gasteiger charge is -2.16. The van der Waals surface area contributed by atoms with E-state index in [1.54, 1.807) is 12.1 Å². The van der Waals surface area contributed by atoms with Crippen LogP contribution in [0.5, 0.6) is 11.5 Å². The Morgan fingerprint density at radius 2 is 2.04 bits per heavy atom. The molecule has 0 fully saturated rings. The molecule has 0 aromatic heterocycles. The van der Waals surface area contributed by atoms with E-state index in [1.807, 2.05) is 13.0 Å². The van der Waals surface area contributed by atoms with Gasteiger partial charge in [0.2, 0.25) is 12.6 Å². The predicted octanol–water partition coefficient (Wildman–Crippen LogP) is 1.02. The van der Waals surface area contributed by atoms with Crippen molar-refractivity contribution < 1.29 is 33.3 Å². The van der Waals surface area contributed by atoms with Gasteiger partial charge in [-0.3, -0.25) is 4.79 Å². The molecule has 8 nitrogen and oxygen atoms in total. The Morgan fingerprint density at radius 3 is 2.83 bits per heavy atom. The highest BCUT2D eigenvalue weighted by molar-refractivity contribution is 5.88. The van der Waals surface area contributed by atoms with Crippen LogP contribution in [0.2, 0.25) is 0 Å². The molecule has 1 amide bonds. The molecule has 8 heteroatoms. The molecule has 0 saturated heterocycles. The second kappa shape index (κ2) is 7.12. The maximum Gasteiger partial charge on any atom is 0.377 e. The first-order valence-electron chi connectivity index (χ1n) is 7.44. The number of esters is 1. The molecule has 0 bridgehead atoms. The molecule has 0 saturated carbocycles. The van der Waals surface area contributed by atoms with Gasteiger partial charge in [-0.2, -0.15) is 0 Å². The highest BCUT2D eigenvalue weighted by atomic mass is 16.7.